The van der Waals surface area contributed by atoms with Crippen molar-refractivity contribution in [1.82, 2.24) is 9.55 Å². The first-order valence-corrected chi connectivity index (χ1v) is 11.5. The van der Waals surface area contributed by atoms with Crippen molar-refractivity contribution in [3.8, 4) is 17.2 Å². The molecule has 168 valence electrons. The van der Waals surface area contributed by atoms with Gasteiger partial charge in [-0.1, -0.05) is 47.6 Å². The number of benzene rings is 3. The zero-order chi connectivity index (χ0) is 23.5. The molecule has 1 aromatic heterocycles. The third-order valence-electron chi connectivity index (χ3n) is 5.19. The normalized spacial score (nSPS) is 10.9. The van der Waals surface area contributed by atoms with E-state index < -0.39 is 0 Å². The van der Waals surface area contributed by atoms with Crippen LogP contribution in [0.15, 0.2) is 70.6 Å². The van der Waals surface area contributed by atoms with Crippen molar-refractivity contribution in [2.24, 2.45) is 0 Å². The summed E-state index contributed by atoms with van der Waals surface area (Å²) in [5, 5.41) is 1.37. The van der Waals surface area contributed by atoms with Gasteiger partial charge in [0.15, 0.2) is 10.9 Å². The quantitative estimate of drug-likeness (QED) is 0.202. The first-order valence-electron chi connectivity index (χ1n) is 10.1. The van der Waals surface area contributed by atoms with Gasteiger partial charge in [-0.3, -0.25) is 14.2 Å². The minimum absolute atomic E-state index is 0.0695. The molecule has 0 bridgehead atoms. The zero-order valence-electron chi connectivity index (χ0n) is 18.3. The number of aryl methyl sites for hydroxylation is 1. The van der Waals surface area contributed by atoms with E-state index in [2.05, 4.69) is 0 Å². The zero-order valence-corrected chi connectivity index (χ0v) is 19.9. The molecule has 0 saturated heterocycles. The Morgan fingerprint density at radius 2 is 1.73 bits per heavy atom. The van der Waals surface area contributed by atoms with E-state index >= 15 is 0 Å². The van der Waals surface area contributed by atoms with Crippen LogP contribution in [0.5, 0.6) is 11.5 Å². The molecular weight excluding hydrogens is 460 g/mol. The predicted molar refractivity (Wildman–Crippen MR) is 132 cm³/mol. The Bertz CT molecular complexity index is 1420. The standard InChI is InChI=1S/C25H21ClN2O4S/c1-15-12-20(23(32-3)13-18(15)26)28-24(30)16-8-4-6-10-19(16)27-25(28)33-14-21(29)17-9-5-7-11-22(17)31-2/h4-13H,14H2,1-3H3. The molecule has 33 heavy (non-hydrogen) atoms. The Kier molecular flexibility index (Phi) is 6.72. The molecule has 0 atom stereocenters. The average molecular weight is 481 g/mol. The van der Waals surface area contributed by atoms with Gasteiger partial charge in [0.05, 0.1) is 42.1 Å². The largest absolute Gasteiger partial charge is 0.496 e. The third kappa shape index (κ3) is 4.47. The molecule has 0 unspecified atom stereocenters. The summed E-state index contributed by atoms with van der Waals surface area (Å²) in [5.74, 6) is 0.871. The fourth-order valence-electron chi connectivity index (χ4n) is 3.49. The van der Waals surface area contributed by atoms with E-state index in [1.807, 2.05) is 13.0 Å². The lowest BCUT2D eigenvalue weighted by Gasteiger charge is -2.17. The van der Waals surface area contributed by atoms with Crippen LogP contribution in [0, 0.1) is 6.92 Å². The number of hydrogen-bond donors (Lipinski definition) is 0. The molecule has 6 nitrogen and oxygen atoms in total. The number of aromatic nitrogens is 2. The lowest BCUT2D eigenvalue weighted by molar-refractivity contribution is 0.101. The van der Waals surface area contributed by atoms with Gasteiger partial charge in [-0.25, -0.2) is 4.98 Å². The van der Waals surface area contributed by atoms with E-state index in [1.54, 1.807) is 54.6 Å². The molecule has 0 aliphatic carbocycles. The molecule has 0 spiro atoms. The fraction of sp³-hybridized carbons (Fsp3) is 0.160. The molecule has 0 saturated carbocycles. The van der Waals surface area contributed by atoms with Gasteiger partial charge in [0, 0.05) is 11.1 Å². The molecule has 0 amide bonds. The molecule has 0 aliphatic rings. The van der Waals surface area contributed by atoms with Crippen LogP contribution in [0.1, 0.15) is 15.9 Å². The van der Waals surface area contributed by atoms with Gasteiger partial charge < -0.3 is 9.47 Å². The molecular formula is C25H21ClN2O4S. The Labute approximate surface area is 200 Å². The molecule has 0 N–H and O–H groups in total. The third-order valence-corrected chi connectivity index (χ3v) is 6.53. The number of Topliss-reactive ketones (excluding diaryl/α,β-unsaturated/α-hetero) is 1. The highest BCUT2D eigenvalue weighted by atomic mass is 35.5. The van der Waals surface area contributed by atoms with Crippen LogP contribution in [0.3, 0.4) is 0 Å². The van der Waals surface area contributed by atoms with Crippen LogP contribution in [0.2, 0.25) is 5.02 Å². The number of carbonyl (C=O) groups excluding carboxylic acids is 1. The molecule has 4 aromatic rings. The van der Waals surface area contributed by atoms with E-state index in [9.17, 15) is 9.59 Å². The summed E-state index contributed by atoms with van der Waals surface area (Å²) in [6.45, 7) is 1.85. The van der Waals surface area contributed by atoms with Crippen molar-refractivity contribution in [2.75, 3.05) is 20.0 Å². The van der Waals surface area contributed by atoms with E-state index in [1.165, 1.54) is 30.5 Å². The summed E-state index contributed by atoms with van der Waals surface area (Å²) in [5.41, 5.74) is 2.06. The van der Waals surface area contributed by atoms with Gasteiger partial charge in [0.1, 0.15) is 11.5 Å². The monoisotopic (exact) mass is 480 g/mol. The van der Waals surface area contributed by atoms with Crippen molar-refractivity contribution in [2.45, 2.75) is 12.1 Å². The maximum atomic E-state index is 13.5. The minimum Gasteiger partial charge on any atom is -0.496 e. The number of halogens is 1. The van der Waals surface area contributed by atoms with Gasteiger partial charge >= 0.3 is 0 Å². The van der Waals surface area contributed by atoms with Crippen LogP contribution >= 0.6 is 23.4 Å². The molecule has 0 fully saturated rings. The highest BCUT2D eigenvalue weighted by molar-refractivity contribution is 7.99. The second-order valence-electron chi connectivity index (χ2n) is 7.24. The van der Waals surface area contributed by atoms with E-state index in [0.29, 0.717) is 43.8 Å². The summed E-state index contributed by atoms with van der Waals surface area (Å²) in [6, 6.07) is 17.6. The van der Waals surface area contributed by atoms with Crippen molar-refractivity contribution in [3.63, 3.8) is 0 Å². The number of fused-ring (bicyclic) bond motifs is 1. The number of thioether (sulfide) groups is 1. The van der Waals surface area contributed by atoms with Gasteiger partial charge in [0.2, 0.25) is 0 Å². The summed E-state index contributed by atoms with van der Waals surface area (Å²) in [6.07, 6.45) is 0. The minimum atomic E-state index is -0.257. The lowest BCUT2D eigenvalue weighted by atomic mass is 10.1. The van der Waals surface area contributed by atoms with E-state index in [-0.39, 0.29) is 17.1 Å². The molecule has 8 heteroatoms. The van der Waals surface area contributed by atoms with Crippen molar-refractivity contribution in [1.29, 1.82) is 0 Å². The SMILES string of the molecule is COc1ccccc1C(=O)CSc1nc2ccccc2c(=O)n1-c1cc(C)c(Cl)cc1OC. The summed E-state index contributed by atoms with van der Waals surface area (Å²) >= 11 is 7.46. The average Bonchev–Trinajstić information content (AvgIpc) is 2.84. The Morgan fingerprint density at radius 1 is 1.03 bits per heavy atom. The number of ketones is 1. The molecule has 1 heterocycles. The summed E-state index contributed by atoms with van der Waals surface area (Å²) < 4.78 is 12.3. The highest BCUT2D eigenvalue weighted by Crippen LogP contribution is 2.32. The van der Waals surface area contributed by atoms with Crippen LogP contribution in [0.4, 0.5) is 0 Å². The smallest absolute Gasteiger partial charge is 0.266 e. The van der Waals surface area contributed by atoms with Crippen LogP contribution < -0.4 is 15.0 Å². The number of ether oxygens (including phenoxy) is 2. The molecule has 0 aliphatic heterocycles. The Hall–Kier alpha value is -3.29. The van der Waals surface area contributed by atoms with Crippen LogP contribution in [-0.2, 0) is 0 Å². The van der Waals surface area contributed by atoms with Gasteiger partial charge in [-0.05, 0) is 42.8 Å². The Morgan fingerprint density at radius 3 is 2.48 bits per heavy atom. The number of methoxy groups -OCH3 is 2. The number of hydrogen-bond acceptors (Lipinski definition) is 6. The lowest BCUT2D eigenvalue weighted by Crippen LogP contribution is -2.23. The number of rotatable bonds is 7. The Balaban J connectivity index is 1.84. The van der Waals surface area contributed by atoms with Crippen molar-refractivity contribution < 1.29 is 14.3 Å². The second-order valence-corrected chi connectivity index (χ2v) is 8.59. The van der Waals surface area contributed by atoms with Crippen LogP contribution in [0.25, 0.3) is 16.6 Å². The number of nitrogens with zero attached hydrogens (tertiary/aromatic N) is 2. The molecule has 0 radical (unpaired) electrons. The maximum absolute atomic E-state index is 13.5. The molecule has 3 aromatic carbocycles. The highest BCUT2D eigenvalue weighted by Gasteiger charge is 2.20. The summed E-state index contributed by atoms with van der Waals surface area (Å²) in [4.78, 5) is 31.2. The first-order chi connectivity index (χ1) is 15.9. The summed E-state index contributed by atoms with van der Waals surface area (Å²) in [7, 11) is 3.04. The van der Waals surface area contributed by atoms with Crippen LogP contribution in [-0.4, -0.2) is 35.3 Å². The van der Waals surface area contributed by atoms with Gasteiger partial charge in [-0.15, -0.1) is 0 Å². The fourth-order valence-corrected chi connectivity index (χ4v) is 4.53. The van der Waals surface area contributed by atoms with E-state index in [4.69, 9.17) is 26.1 Å². The van der Waals surface area contributed by atoms with E-state index in [0.717, 1.165) is 5.56 Å². The van der Waals surface area contributed by atoms with Crippen molar-refractivity contribution in [3.05, 3.63) is 87.2 Å². The molecule has 4 rings (SSSR count). The van der Waals surface area contributed by atoms with Crippen molar-refractivity contribution >= 4 is 40.0 Å². The second kappa shape index (κ2) is 9.68. The maximum Gasteiger partial charge on any atom is 0.266 e. The topological polar surface area (TPSA) is 70.4 Å². The van der Waals surface area contributed by atoms with Gasteiger partial charge in [-0.2, -0.15) is 0 Å². The van der Waals surface area contributed by atoms with Gasteiger partial charge in [0.25, 0.3) is 5.56 Å². The predicted octanol–water partition coefficient (Wildman–Crippen LogP) is 5.34. The number of carbonyl (C=O) groups is 1. The first kappa shape index (κ1) is 22.9. The number of para-hydroxylation sites is 2.